The molecule has 3 heteroatoms. The first-order valence-electron chi connectivity index (χ1n) is 8.49. The zero-order valence-corrected chi connectivity index (χ0v) is 14.0. The number of amides is 1. The number of carbonyl (C=O) groups is 1. The lowest BCUT2D eigenvalue weighted by Gasteiger charge is -2.36. The second-order valence-corrected chi connectivity index (χ2v) is 7.10. The molecular weight excluding hydrogens is 274 g/mol. The van der Waals surface area contributed by atoms with Gasteiger partial charge in [-0.2, -0.15) is 0 Å². The summed E-state index contributed by atoms with van der Waals surface area (Å²) in [5.74, 6) is 1.81. The molecule has 0 aliphatic heterocycles. The van der Waals surface area contributed by atoms with Crippen LogP contribution in [0.2, 0.25) is 0 Å². The number of hydrogen-bond donors (Lipinski definition) is 2. The lowest BCUT2D eigenvalue weighted by Crippen LogP contribution is -2.41. The van der Waals surface area contributed by atoms with E-state index in [9.17, 15) is 9.90 Å². The smallest absolute Gasteiger partial charge is 0.223 e. The SMILES string of the molecule is CC1CC[C@@H](C(C)C)[C@H](C(=O)NC[C@H](O)c2ccccc2)C1. The molecule has 2 N–H and O–H groups in total. The molecular formula is C19H29NO2. The van der Waals surface area contributed by atoms with Crippen molar-refractivity contribution in [1.29, 1.82) is 0 Å². The van der Waals surface area contributed by atoms with E-state index in [1.807, 2.05) is 30.3 Å². The first kappa shape index (κ1) is 17.0. The number of aliphatic hydroxyl groups excluding tert-OH is 1. The van der Waals surface area contributed by atoms with E-state index in [2.05, 4.69) is 26.1 Å². The summed E-state index contributed by atoms with van der Waals surface area (Å²) in [6.45, 7) is 6.94. The van der Waals surface area contributed by atoms with Crippen LogP contribution in [-0.2, 0) is 4.79 Å². The summed E-state index contributed by atoms with van der Waals surface area (Å²) < 4.78 is 0. The fourth-order valence-corrected chi connectivity index (χ4v) is 3.63. The van der Waals surface area contributed by atoms with Crippen LogP contribution in [0.25, 0.3) is 0 Å². The number of benzene rings is 1. The molecule has 122 valence electrons. The van der Waals surface area contributed by atoms with E-state index in [-0.39, 0.29) is 11.8 Å². The first-order valence-corrected chi connectivity index (χ1v) is 8.49. The summed E-state index contributed by atoms with van der Waals surface area (Å²) in [7, 11) is 0. The quantitative estimate of drug-likeness (QED) is 0.874. The molecule has 1 saturated carbocycles. The lowest BCUT2D eigenvalue weighted by atomic mass is 9.70. The molecule has 0 spiro atoms. The predicted molar refractivity (Wildman–Crippen MR) is 89.2 cm³/mol. The maximum absolute atomic E-state index is 12.6. The summed E-state index contributed by atoms with van der Waals surface area (Å²) >= 11 is 0. The number of rotatable bonds is 5. The molecule has 0 bridgehead atoms. The Morgan fingerprint density at radius 2 is 1.95 bits per heavy atom. The Bertz CT molecular complexity index is 472. The molecule has 1 aromatic carbocycles. The molecule has 0 radical (unpaired) electrons. The third kappa shape index (κ3) is 4.33. The van der Waals surface area contributed by atoms with Gasteiger partial charge in [-0.05, 0) is 36.2 Å². The van der Waals surface area contributed by atoms with Gasteiger partial charge in [0.25, 0.3) is 0 Å². The van der Waals surface area contributed by atoms with Crippen LogP contribution in [0.1, 0.15) is 51.7 Å². The van der Waals surface area contributed by atoms with Crippen molar-refractivity contribution in [3.05, 3.63) is 35.9 Å². The Morgan fingerprint density at radius 1 is 1.27 bits per heavy atom. The third-order valence-corrected chi connectivity index (χ3v) is 5.01. The van der Waals surface area contributed by atoms with Gasteiger partial charge < -0.3 is 10.4 Å². The van der Waals surface area contributed by atoms with Gasteiger partial charge in [-0.25, -0.2) is 0 Å². The van der Waals surface area contributed by atoms with Gasteiger partial charge in [-0.15, -0.1) is 0 Å². The van der Waals surface area contributed by atoms with Crippen molar-refractivity contribution in [1.82, 2.24) is 5.32 Å². The fourth-order valence-electron chi connectivity index (χ4n) is 3.63. The van der Waals surface area contributed by atoms with Crippen LogP contribution in [0, 0.1) is 23.7 Å². The zero-order chi connectivity index (χ0) is 16.1. The zero-order valence-electron chi connectivity index (χ0n) is 14.0. The van der Waals surface area contributed by atoms with E-state index in [4.69, 9.17) is 0 Å². The minimum absolute atomic E-state index is 0.0896. The van der Waals surface area contributed by atoms with Crippen molar-refractivity contribution < 1.29 is 9.90 Å². The average molecular weight is 303 g/mol. The highest BCUT2D eigenvalue weighted by Crippen LogP contribution is 2.38. The van der Waals surface area contributed by atoms with Crippen LogP contribution in [0.4, 0.5) is 0 Å². The minimum Gasteiger partial charge on any atom is -0.387 e. The molecule has 4 atom stereocenters. The summed E-state index contributed by atoms with van der Waals surface area (Å²) in [6, 6.07) is 9.49. The van der Waals surface area contributed by atoms with Crippen molar-refractivity contribution in [2.24, 2.45) is 23.7 Å². The highest BCUT2D eigenvalue weighted by Gasteiger charge is 2.35. The second-order valence-electron chi connectivity index (χ2n) is 7.10. The van der Waals surface area contributed by atoms with Gasteiger partial charge in [0.1, 0.15) is 0 Å². The maximum atomic E-state index is 12.6. The molecule has 1 unspecified atom stereocenters. The summed E-state index contributed by atoms with van der Waals surface area (Å²) in [6.07, 6.45) is 2.69. The van der Waals surface area contributed by atoms with Crippen LogP contribution in [-0.4, -0.2) is 17.6 Å². The number of aliphatic hydroxyl groups is 1. The van der Waals surface area contributed by atoms with Gasteiger partial charge in [-0.1, -0.05) is 57.5 Å². The lowest BCUT2D eigenvalue weighted by molar-refractivity contribution is -0.129. The van der Waals surface area contributed by atoms with Gasteiger partial charge >= 0.3 is 0 Å². The molecule has 3 nitrogen and oxygen atoms in total. The van der Waals surface area contributed by atoms with Crippen LogP contribution in [0.3, 0.4) is 0 Å². The van der Waals surface area contributed by atoms with Gasteiger partial charge in [0, 0.05) is 12.5 Å². The van der Waals surface area contributed by atoms with E-state index < -0.39 is 6.10 Å². The van der Waals surface area contributed by atoms with E-state index in [1.54, 1.807) is 0 Å². The standard InChI is InChI=1S/C19H29NO2/c1-13(2)16-10-9-14(3)11-17(16)19(22)20-12-18(21)15-7-5-4-6-8-15/h4-8,13-14,16-18,21H,9-12H2,1-3H3,(H,20,22)/t14?,16-,17+,18-/m0/s1. The Hall–Kier alpha value is -1.35. The summed E-state index contributed by atoms with van der Waals surface area (Å²) in [5, 5.41) is 13.1. The van der Waals surface area contributed by atoms with E-state index >= 15 is 0 Å². The Labute approximate surface area is 134 Å². The van der Waals surface area contributed by atoms with E-state index in [0.717, 1.165) is 18.4 Å². The van der Waals surface area contributed by atoms with Crippen molar-refractivity contribution in [2.45, 2.75) is 46.1 Å². The minimum atomic E-state index is -0.635. The van der Waals surface area contributed by atoms with E-state index in [1.165, 1.54) is 6.42 Å². The fraction of sp³-hybridized carbons (Fsp3) is 0.632. The van der Waals surface area contributed by atoms with Gasteiger partial charge in [0.15, 0.2) is 0 Å². The Kier molecular flexibility index (Phi) is 6.01. The Morgan fingerprint density at radius 3 is 2.59 bits per heavy atom. The van der Waals surface area contributed by atoms with Crippen LogP contribution in [0.5, 0.6) is 0 Å². The molecule has 0 saturated heterocycles. The molecule has 0 aromatic heterocycles. The normalized spacial score (nSPS) is 26.7. The summed E-state index contributed by atoms with van der Waals surface area (Å²) in [4.78, 5) is 12.6. The summed E-state index contributed by atoms with van der Waals surface area (Å²) in [5.41, 5.74) is 0.847. The maximum Gasteiger partial charge on any atom is 0.223 e. The molecule has 1 aliphatic rings. The number of nitrogens with one attached hydrogen (secondary N) is 1. The molecule has 0 heterocycles. The molecule has 1 fully saturated rings. The van der Waals surface area contributed by atoms with E-state index in [0.29, 0.717) is 24.3 Å². The number of carbonyl (C=O) groups excluding carboxylic acids is 1. The highest BCUT2D eigenvalue weighted by molar-refractivity contribution is 5.79. The second kappa shape index (κ2) is 7.77. The molecule has 1 amide bonds. The number of hydrogen-bond acceptors (Lipinski definition) is 2. The molecule has 1 aliphatic carbocycles. The van der Waals surface area contributed by atoms with Crippen LogP contribution < -0.4 is 5.32 Å². The first-order chi connectivity index (χ1) is 10.5. The highest BCUT2D eigenvalue weighted by atomic mass is 16.3. The average Bonchev–Trinajstić information content (AvgIpc) is 2.52. The van der Waals surface area contributed by atoms with Crippen molar-refractivity contribution in [3.8, 4) is 0 Å². The topological polar surface area (TPSA) is 49.3 Å². The molecule has 22 heavy (non-hydrogen) atoms. The van der Waals surface area contributed by atoms with Crippen molar-refractivity contribution in [2.75, 3.05) is 6.54 Å². The predicted octanol–water partition coefficient (Wildman–Crippen LogP) is 3.54. The van der Waals surface area contributed by atoms with Crippen LogP contribution in [0.15, 0.2) is 30.3 Å². The Balaban J connectivity index is 1.92. The van der Waals surface area contributed by atoms with Crippen molar-refractivity contribution in [3.63, 3.8) is 0 Å². The molecule has 1 aromatic rings. The third-order valence-electron chi connectivity index (χ3n) is 5.01. The monoisotopic (exact) mass is 303 g/mol. The van der Waals surface area contributed by atoms with Gasteiger partial charge in [0.05, 0.1) is 6.10 Å². The van der Waals surface area contributed by atoms with Crippen molar-refractivity contribution >= 4 is 5.91 Å². The largest absolute Gasteiger partial charge is 0.387 e. The van der Waals surface area contributed by atoms with Gasteiger partial charge in [-0.3, -0.25) is 4.79 Å². The van der Waals surface area contributed by atoms with Gasteiger partial charge in [0.2, 0.25) is 5.91 Å². The van der Waals surface area contributed by atoms with Crippen LogP contribution >= 0.6 is 0 Å². The molecule has 2 rings (SSSR count).